The molecule has 0 spiro atoms. The highest BCUT2D eigenvalue weighted by atomic mass is 16.6. The second-order valence-electron chi connectivity index (χ2n) is 26.0. The number of amides is 3. The number of hydrogen-bond donors (Lipinski definition) is 2. The van der Waals surface area contributed by atoms with Crippen molar-refractivity contribution < 1.29 is 38.1 Å². The van der Waals surface area contributed by atoms with Crippen LogP contribution in [0.25, 0.3) is 0 Å². The van der Waals surface area contributed by atoms with E-state index in [0.717, 1.165) is 49.3 Å². The zero-order valence-corrected chi connectivity index (χ0v) is 55.1. The Morgan fingerprint density at radius 3 is 1.17 bits per heavy atom. The lowest BCUT2D eigenvalue weighted by atomic mass is 10.1. The van der Waals surface area contributed by atoms with Crippen LogP contribution in [0.1, 0.15) is 300 Å². The van der Waals surface area contributed by atoms with E-state index in [1.54, 1.807) is 4.90 Å². The second kappa shape index (κ2) is 49.3. The van der Waals surface area contributed by atoms with Crippen LogP contribution in [0.3, 0.4) is 0 Å². The normalized spacial score (nSPS) is 12.1. The van der Waals surface area contributed by atoms with Crippen LogP contribution in [0.15, 0.2) is 42.5 Å². The Balaban J connectivity index is 2.71. The third kappa shape index (κ3) is 48.4. The molecule has 0 aliphatic heterocycles. The number of unbranched alkanes of at least 4 members (excludes halogenated alkanes) is 27. The number of hydrogen-bond acceptors (Lipinski definition) is 9. The molecule has 0 saturated heterocycles. The van der Waals surface area contributed by atoms with Crippen molar-refractivity contribution >= 4 is 18.3 Å². The monoisotopic (exact) mass is 1150 g/mol. The van der Waals surface area contributed by atoms with Crippen LogP contribution in [0.5, 0.6) is 11.5 Å². The molecule has 0 saturated carbocycles. The van der Waals surface area contributed by atoms with Crippen LogP contribution < -0.4 is 20.1 Å². The Kier molecular flexibility index (Phi) is 45.8. The lowest BCUT2D eigenvalue weighted by Crippen LogP contribution is -2.40. The van der Waals surface area contributed by atoms with E-state index >= 15 is 0 Å². The van der Waals surface area contributed by atoms with Gasteiger partial charge in [-0.1, -0.05) is 160 Å². The molecule has 3 amide bonds. The Morgan fingerprint density at radius 2 is 0.768 bits per heavy atom. The zero-order chi connectivity index (χ0) is 60.4. The molecule has 0 heterocycles. The topological polar surface area (TPSA) is 128 Å². The highest BCUT2D eigenvalue weighted by molar-refractivity contribution is 5.69. The number of alkyl carbamates (subject to hydrolysis) is 1. The fourth-order valence-electron chi connectivity index (χ4n) is 9.52. The lowest BCUT2D eigenvalue weighted by molar-refractivity contribution is 0.0206. The van der Waals surface area contributed by atoms with Gasteiger partial charge in [0.1, 0.15) is 16.8 Å². The number of benzene rings is 1. The molecule has 82 heavy (non-hydrogen) atoms. The van der Waals surface area contributed by atoms with Crippen molar-refractivity contribution in [2.45, 2.75) is 318 Å². The van der Waals surface area contributed by atoms with E-state index in [2.05, 4.69) is 67.0 Å². The number of carbonyl (C=O) groups is 3. The van der Waals surface area contributed by atoms with E-state index in [1.807, 2.05) is 67.2 Å². The fraction of sp³-hybridized carbons (Fsp3) is 0.814. The van der Waals surface area contributed by atoms with Gasteiger partial charge in [0.05, 0.1) is 13.2 Å². The quantitative estimate of drug-likeness (QED) is 0.0372. The molecule has 0 atom stereocenters. The minimum Gasteiger partial charge on any atom is -0.490 e. The van der Waals surface area contributed by atoms with E-state index in [-0.39, 0.29) is 12.2 Å². The molecule has 0 aliphatic carbocycles. The molecule has 1 rings (SSSR count). The molecule has 0 bridgehead atoms. The van der Waals surface area contributed by atoms with Gasteiger partial charge in [0, 0.05) is 39.3 Å². The largest absolute Gasteiger partial charge is 0.490 e. The first-order chi connectivity index (χ1) is 39.3. The molecular weight excluding hydrogens is 1020 g/mol. The van der Waals surface area contributed by atoms with Crippen molar-refractivity contribution in [3.63, 3.8) is 0 Å². The summed E-state index contributed by atoms with van der Waals surface area (Å²) in [5.74, 6) is 1.68. The van der Waals surface area contributed by atoms with Crippen LogP contribution in [-0.4, -0.2) is 97.4 Å². The van der Waals surface area contributed by atoms with Crippen molar-refractivity contribution in [2.24, 2.45) is 0 Å². The molecule has 0 aliphatic rings. The summed E-state index contributed by atoms with van der Waals surface area (Å²) in [6.07, 6.45) is 49.0. The third-order valence-corrected chi connectivity index (χ3v) is 14.1. The zero-order valence-electron chi connectivity index (χ0n) is 55.1. The first-order valence-electron chi connectivity index (χ1n) is 33.7. The highest BCUT2D eigenvalue weighted by Crippen LogP contribution is 2.30. The minimum absolute atomic E-state index is 0.318. The maximum atomic E-state index is 13.4. The van der Waals surface area contributed by atoms with E-state index in [0.29, 0.717) is 78.2 Å². The Morgan fingerprint density at radius 1 is 0.415 bits per heavy atom. The van der Waals surface area contributed by atoms with Gasteiger partial charge in [-0.2, -0.15) is 0 Å². The van der Waals surface area contributed by atoms with Gasteiger partial charge in [-0.05, 0) is 189 Å². The number of nitrogens with one attached hydrogen (secondary N) is 2. The molecular formula is C70H128N4O8. The van der Waals surface area contributed by atoms with Gasteiger partial charge >= 0.3 is 18.3 Å². The van der Waals surface area contributed by atoms with Gasteiger partial charge in [-0.15, -0.1) is 0 Å². The van der Waals surface area contributed by atoms with E-state index < -0.39 is 22.9 Å². The van der Waals surface area contributed by atoms with Crippen LogP contribution >= 0.6 is 0 Å². The number of carbonyl (C=O) groups excluding carboxylic acids is 3. The summed E-state index contributed by atoms with van der Waals surface area (Å²) in [5.41, 5.74) is -0.638. The predicted molar refractivity (Wildman–Crippen MR) is 346 cm³/mol. The minimum atomic E-state index is -0.625. The van der Waals surface area contributed by atoms with Crippen molar-refractivity contribution in [1.29, 1.82) is 0 Å². The van der Waals surface area contributed by atoms with E-state index in [4.69, 9.17) is 23.7 Å². The SMILES string of the molecule is CCCCCCCC/C=C\CCCCCCCCOc1ccc(CNCCCCN(CCCCN(CCCCNC(=O)OC(C)(C)C)C(=O)OC(C)(C)C)C(=O)OC(C)(C)C)cc1OCCCCCCCC/C=C\CCCCCCCC. The van der Waals surface area contributed by atoms with Crippen LogP contribution in [0.4, 0.5) is 14.4 Å². The first kappa shape index (κ1) is 76.1. The second-order valence-corrected chi connectivity index (χ2v) is 26.0. The Labute approximate surface area is 504 Å². The highest BCUT2D eigenvalue weighted by Gasteiger charge is 2.24. The molecule has 0 fully saturated rings. The van der Waals surface area contributed by atoms with Crippen LogP contribution in [0.2, 0.25) is 0 Å². The number of allylic oxidation sites excluding steroid dienone is 4. The van der Waals surface area contributed by atoms with Gasteiger partial charge in [0.15, 0.2) is 11.5 Å². The van der Waals surface area contributed by atoms with Gasteiger partial charge in [-0.3, -0.25) is 0 Å². The number of rotatable bonds is 51. The average molecular weight is 1150 g/mol. The summed E-state index contributed by atoms with van der Waals surface area (Å²) in [6.45, 7) is 26.8. The summed E-state index contributed by atoms with van der Waals surface area (Å²) < 4.78 is 29.8. The third-order valence-electron chi connectivity index (χ3n) is 14.1. The van der Waals surface area contributed by atoms with Gasteiger partial charge in [0.25, 0.3) is 0 Å². The number of nitrogens with zero attached hydrogens (tertiary/aromatic N) is 2. The Hall–Kier alpha value is -3.93. The Bertz CT molecular complexity index is 1760. The summed E-state index contributed by atoms with van der Waals surface area (Å²) in [5, 5.41) is 6.43. The van der Waals surface area contributed by atoms with Crippen molar-refractivity contribution in [3.05, 3.63) is 48.1 Å². The van der Waals surface area contributed by atoms with Gasteiger partial charge in [-0.25, -0.2) is 14.4 Å². The molecule has 1 aromatic carbocycles. The molecule has 476 valence electrons. The van der Waals surface area contributed by atoms with Crippen molar-refractivity contribution in [1.82, 2.24) is 20.4 Å². The van der Waals surface area contributed by atoms with Crippen LogP contribution in [-0.2, 0) is 20.8 Å². The van der Waals surface area contributed by atoms with E-state index in [1.165, 1.54) is 167 Å². The average Bonchev–Trinajstić information content (AvgIpc) is 3.44. The summed E-state index contributed by atoms with van der Waals surface area (Å²) in [6, 6.07) is 6.40. The smallest absolute Gasteiger partial charge is 0.410 e. The first-order valence-corrected chi connectivity index (χ1v) is 33.7. The number of ether oxygens (including phenoxy) is 5. The van der Waals surface area contributed by atoms with Crippen molar-refractivity contribution in [2.75, 3.05) is 52.5 Å². The molecule has 0 radical (unpaired) electrons. The lowest BCUT2D eigenvalue weighted by Gasteiger charge is -2.29. The summed E-state index contributed by atoms with van der Waals surface area (Å²) in [7, 11) is 0. The molecule has 12 nitrogen and oxygen atoms in total. The van der Waals surface area contributed by atoms with Crippen LogP contribution in [0, 0.1) is 0 Å². The molecule has 1 aromatic rings. The summed E-state index contributed by atoms with van der Waals surface area (Å²) >= 11 is 0. The maximum Gasteiger partial charge on any atom is 0.410 e. The van der Waals surface area contributed by atoms with Crippen molar-refractivity contribution in [3.8, 4) is 11.5 Å². The molecule has 2 N–H and O–H groups in total. The molecule has 0 unspecified atom stereocenters. The fourth-order valence-corrected chi connectivity index (χ4v) is 9.52. The molecule has 12 heteroatoms. The standard InChI is InChI=1S/C70H128N4O8/c1-12-14-16-18-20-22-24-26-28-30-32-34-36-38-40-48-58-78-63-51-50-62(60-64(63)79-59-49-41-39-37-35-33-31-29-27-25-23-21-19-17-15-13-2)61-71-52-42-44-54-73(66(76)81-69(6,7)8)56-46-47-57-74(67(77)82-70(9,10)11)55-45-43-53-72-65(75)80-68(3,4)5/h26-29,50-51,60,71H,12-25,30-49,52-59,61H2,1-11H3,(H,72,75)/b28-26-,29-27-. The maximum absolute atomic E-state index is 13.4. The van der Waals surface area contributed by atoms with Gasteiger partial charge in [0.2, 0.25) is 0 Å². The molecule has 0 aromatic heterocycles. The predicted octanol–water partition coefficient (Wildman–Crippen LogP) is 19.9. The summed E-state index contributed by atoms with van der Waals surface area (Å²) in [4.78, 5) is 42.3. The van der Waals surface area contributed by atoms with E-state index in [9.17, 15) is 14.4 Å². The van der Waals surface area contributed by atoms with Gasteiger partial charge < -0.3 is 44.1 Å².